The first kappa shape index (κ1) is 9.23. The summed E-state index contributed by atoms with van der Waals surface area (Å²) in [6.45, 7) is 2.62. The fourth-order valence-corrected chi connectivity index (χ4v) is 1.95. The van der Waals surface area contributed by atoms with Gasteiger partial charge in [-0.25, -0.2) is 0 Å². The van der Waals surface area contributed by atoms with Crippen LogP contribution in [0.4, 0.5) is 0 Å². The highest BCUT2D eigenvalue weighted by atomic mass is 79.9. The maximum Gasteiger partial charge on any atom is 0.0250 e. The fraction of sp³-hybridized carbons (Fsp3) is 0.250. The second-order valence-electron chi connectivity index (χ2n) is 2.40. The second-order valence-corrected chi connectivity index (χ2v) is 4.11. The van der Waals surface area contributed by atoms with E-state index in [1.807, 2.05) is 13.0 Å². The van der Waals surface area contributed by atoms with Gasteiger partial charge < -0.3 is 5.73 Å². The summed E-state index contributed by atoms with van der Waals surface area (Å²) in [5.41, 5.74) is 7.88. The van der Waals surface area contributed by atoms with E-state index in [1.54, 1.807) is 0 Å². The molecule has 0 aliphatic rings. The standard InChI is InChI=1S/C8H9Br2N/c1-5-2-7(9)3-6(4-11)8(5)10/h2-3H,4,11H2,1H3. The van der Waals surface area contributed by atoms with E-state index in [0.29, 0.717) is 6.54 Å². The molecule has 0 aromatic heterocycles. The van der Waals surface area contributed by atoms with Crippen molar-refractivity contribution in [3.05, 3.63) is 32.2 Å². The van der Waals surface area contributed by atoms with Crippen LogP contribution in [0.1, 0.15) is 11.1 Å². The molecule has 0 radical (unpaired) electrons. The minimum absolute atomic E-state index is 0.570. The van der Waals surface area contributed by atoms with Crippen LogP contribution in [0.3, 0.4) is 0 Å². The second kappa shape index (κ2) is 3.70. The Bertz CT molecular complexity index is 271. The molecule has 1 aromatic rings. The van der Waals surface area contributed by atoms with Gasteiger partial charge in [-0.2, -0.15) is 0 Å². The maximum atomic E-state index is 5.54. The average molecular weight is 279 g/mol. The highest BCUT2D eigenvalue weighted by Gasteiger charge is 2.01. The van der Waals surface area contributed by atoms with Crippen molar-refractivity contribution >= 4 is 31.9 Å². The monoisotopic (exact) mass is 277 g/mol. The lowest BCUT2D eigenvalue weighted by atomic mass is 10.1. The molecule has 1 rings (SSSR count). The third-order valence-electron chi connectivity index (χ3n) is 1.51. The fourth-order valence-electron chi connectivity index (χ4n) is 0.943. The smallest absolute Gasteiger partial charge is 0.0250 e. The number of hydrogen-bond acceptors (Lipinski definition) is 1. The zero-order chi connectivity index (χ0) is 8.43. The zero-order valence-electron chi connectivity index (χ0n) is 6.20. The highest BCUT2D eigenvalue weighted by Crippen LogP contribution is 2.25. The van der Waals surface area contributed by atoms with Gasteiger partial charge in [0.15, 0.2) is 0 Å². The molecular weight excluding hydrogens is 270 g/mol. The van der Waals surface area contributed by atoms with E-state index in [-0.39, 0.29) is 0 Å². The Hall–Kier alpha value is 0.140. The van der Waals surface area contributed by atoms with Gasteiger partial charge in [0.1, 0.15) is 0 Å². The predicted molar refractivity (Wildman–Crippen MR) is 54.5 cm³/mol. The Labute approximate surface area is 83.2 Å². The molecule has 0 aliphatic carbocycles. The largest absolute Gasteiger partial charge is 0.326 e. The first-order valence-corrected chi connectivity index (χ1v) is 4.88. The molecule has 1 nitrogen and oxygen atoms in total. The van der Waals surface area contributed by atoms with Crippen molar-refractivity contribution in [3.8, 4) is 0 Å². The highest BCUT2D eigenvalue weighted by molar-refractivity contribution is 9.11. The van der Waals surface area contributed by atoms with Gasteiger partial charge >= 0.3 is 0 Å². The number of aryl methyl sites for hydroxylation is 1. The Kier molecular flexibility index (Phi) is 3.10. The van der Waals surface area contributed by atoms with Gasteiger partial charge in [-0.3, -0.25) is 0 Å². The summed E-state index contributed by atoms with van der Waals surface area (Å²) in [6.07, 6.45) is 0. The molecule has 11 heavy (non-hydrogen) atoms. The van der Waals surface area contributed by atoms with Crippen molar-refractivity contribution < 1.29 is 0 Å². The molecule has 0 bridgehead atoms. The molecule has 0 fully saturated rings. The van der Waals surface area contributed by atoms with Gasteiger partial charge in [-0.15, -0.1) is 0 Å². The molecule has 0 amide bonds. The van der Waals surface area contributed by atoms with E-state index < -0.39 is 0 Å². The van der Waals surface area contributed by atoms with E-state index in [0.717, 1.165) is 14.5 Å². The summed E-state index contributed by atoms with van der Waals surface area (Å²) in [7, 11) is 0. The first-order valence-electron chi connectivity index (χ1n) is 3.29. The molecule has 0 unspecified atom stereocenters. The van der Waals surface area contributed by atoms with E-state index in [9.17, 15) is 0 Å². The van der Waals surface area contributed by atoms with E-state index in [2.05, 4.69) is 37.9 Å². The van der Waals surface area contributed by atoms with Gasteiger partial charge in [-0.1, -0.05) is 31.9 Å². The summed E-state index contributed by atoms with van der Waals surface area (Å²) in [5, 5.41) is 0. The lowest BCUT2D eigenvalue weighted by Gasteiger charge is -2.05. The number of benzene rings is 1. The van der Waals surface area contributed by atoms with Crippen molar-refractivity contribution in [2.24, 2.45) is 5.73 Å². The van der Waals surface area contributed by atoms with Crippen molar-refractivity contribution in [3.63, 3.8) is 0 Å². The molecule has 0 saturated carbocycles. The zero-order valence-corrected chi connectivity index (χ0v) is 9.37. The van der Waals surface area contributed by atoms with Crippen molar-refractivity contribution in [2.75, 3.05) is 0 Å². The molecule has 0 heterocycles. The van der Waals surface area contributed by atoms with E-state index >= 15 is 0 Å². The molecule has 0 aliphatic heterocycles. The SMILES string of the molecule is Cc1cc(Br)cc(CN)c1Br. The number of hydrogen-bond donors (Lipinski definition) is 1. The summed E-state index contributed by atoms with van der Waals surface area (Å²) >= 11 is 6.89. The van der Waals surface area contributed by atoms with E-state index in [1.165, 1.54) is 5.56 Å². The van der Waals surface area contributed by atoms with Gasteiger partial charge in [0.05, 0.1) is 0 Å². The Morgan fingerprint density at radius 2 is 2.00 bits per heavy atom. The van der Waals surface area contributed by atoms with Crippen LogP contribution < -0.4 is 5.73 Å². The Balaban J connectivity index is 3.24. The van der Waals surface area contributed by atoms with Crippen LogP contribution in [0.5, 0.6) is 0 Å². The number of rotatable bonds is 1. The lowest BCUT2D eigenvalue weighted by Crippen LogP contribution is -1.98. The summed E-state index contributed by atoms with van der Waals surface area (Å²) in [4.78, 5) is 0. The summed E-state index contributed by atoms with van der Waals surface area (Å²) in [6, 6.07) is 4.08. The minimum Gasteiger partial charge on any atom is -0.326 e. The van der Waals surface area contributed by atoms with Crippen LogP contribution in [-0.2, 0) is 6.54 Å². The third-order valence-corrected chi connectivity index (χ3v) is 3.11. The Morgan fingerprint density at radius 3 is 2.55 bits per heavy atom. The van der Waals surface area contributed by atoms with Gasteiger partial charge in [0, 0.05) is 15.5 Å². The van der Waals surface area contributed by atoms with Crippen molar-refractivity contribution in [1.29, 1.82) is 0 Å². The van der Waals surface area contributed by atoms with Gasteiger partial charge in [-0.05, 0) is 30.2 Å². The van der Waals surface area contributed by atoms with Crippen LogP contribution in [-0.4, -0.2) is 0 Å². The van der Waals surface area contributed by atoms with Crippen molar-refractivity contribution in [2.45, 2.75) is 13.5 Å². The topological polar surface area (TPSA) is 26.0 Å². The molecular formula is C8H9Br2N. The molecule has 0 saturated heterocycles. The quantitative estimate of drug-likeness (QED) is 0.840. The third kappa shape index (κ3) is 2.04. The predicted octanol–water partition coefficient (Wildman–Crippen LogP) is 2.98. The first-order chi connectivity index (χ1) is 5.15. The molecule has 1 aromatic carbocycles. The normalized spacial score (nSPS) is 10.2. The molecule has 0 atom stereocenters. The van der Waals surface area contributed by atoms with Gasteiger partial charge in [0.2, 0.25) is 0 Å². The average Bonchev–Trinajstić information content (AvgIpc) is 1.96. The maximum absolute atomic E-state index is 5.54. The van der Waals surface area contributed by atoms with Crippen LogP contribution >= 0.6 is 31.9 Å². The molecule has 3 heteroatoms. The number of halogens is 2. The van der Waals surface area contributed by atoms with Crippen LogP contribution in [0, 0.1) is 6.92 Å². The van der Waals surface area contributed by atoms with Gasteiger partial charge in [0.25, 0.3) is 0 Å². The van der Waals surface area contributed by atoms with Crippen LogP contribution in [0.2, 0.25) is 0 Å². The number of nitrogens with two attached hydrogens (primary N) is 1. The van der Waals surface area contributed by atoms with Crippen LogP contribution in [0.25, 0.3) is 0 Å². The molecule has 60 valence electrons. The molecule has 0 spiro atoms. The Morgan fingerprint density at radius 1 is 1.36 bits per heavy atom. The summed E-state index contributed by atoms with van der Waals surface area (Å²) in [5.74, 6) is 0. The van der Waals surface area contributed by atoms with Crippen LogP contribution in [0.15, 0.2) is 21.1 Å². The molecule has 2 N–H and O–H groups in total. The minimum atomic E-state index is 0.570. The van der Waals surface area contributed by atoms with Crippen molar-refractivity contribution in [1.82, 2.24) is 0 Å². The van der Waals surface area contributed by atoms with E-state index in [4.69, 9.17) is 5.73 Å². The lowest BCUT2D eigenvalue weighted by molar-refractivity contribution is 1.05. The summed E-state index contributed by atoms with van der Waals surface area (Å²) < 4.78 is 2.20.